The molecular formula is C18H17ClN4O4S2. The number of hydrogen-bond acceptors (Lipinski definition) is 7. The third-order valence-corrected chi connectivity index (χ3v) is 6.69. The largest absolute Gasteiger partial charge is 0.411 e. The van der Waals surface area contributed by atoms with Gasteiger partial charge in [-0.05, 0) is 30.3 Å². The second-order valence-corrected chi connectivity index (χ2v) is 9.49. The van der Waals surface area contributed by atoms with E-state index in [1.54, 1.807) is 36.4 Å². The normalized spacial score (nSPS) is 11.6. The second kappa shape index (κ2) is 8.95. The summed E-state index contributed by atoms with van der Waals surface area (Å²) in [5, 5.41) is 11.2. The molecule has 0 unspecified atom stereocenters. The van der Waals surface area contributed by atoms with Crippen LogP contribution in [-0.4, -0.2) is 48.7 Å². The predicted octanol–water partition coefficient (Wildman–Crippen LogP) is 3.37. The van der Waals surface area contributed by atoms with E-state index in [0.717, 1.165) is 16.1 Å². The number of anilines is 1. The number of benzene rings is 2. The highest BCUT2D eigenvalue weighted by Crippen LogP contribution is 2.28. The van der Waals surface area contributed by atoms with Gasteiger partial charge >= 0.3 is 0 Å². The van der Waals surface area contributed by atoms with E-state index in [0.29, 0.717) is 16.3 Å². The number of sulfonamides is 1. The molecule has 8 nitrogen and oxygen atoms in total. The molecule has 0 atom stereocenters. The van der Waals surface area contributed by atoms with Crippen LogP contribution in [-0.2, 0) is 14.8 Å². The molecule has 3 rings (SSSR count). The summed E-state index contributed by atoms with van der Waals surface area (Å²) in [4.78, 5) is 12.3. The van der Waals surface area contributed by atoms with Gasteiger partial charge in [0.1, 0.15) is 0 Å². The Morgan fingerprint density at radius 2 is 1.93 bits per heavy atom. The first kappa shape index (κ1) is 21.3. The number of thioether (sulfide) groups is 1. The third kappa shape index (κ3) is 5.15. The van der Waals surface area contributed by atoms with Crippen LogP contribution in [0.2, 0.25) is 5.02 Å². The van der Waals surface area contributed by atoms with Crippen LogP contribution in [0.1, 0.15) is 0 Å². The van der Waals surface area contributed by atoms with Crippen molar-refractivity contribution in [3.63, 3.8) is 0 Å². The van der Waals surface area contributed by atoms with Crippen LogP contribution in [0.25, 0.3) is 11.5 Å². The number of aromatic nitrogens is 2. The van der Waals surface area contributed by atoms with Gasteiger partial charge in [-0.3, -0.25) is 4.79 Å². The zero-order chi connectivity index (χ0) is 21.0. The first-order chi connectivity index (χ1) is 13.8. The van der Waals surface area contributed by atoms with Crippen LogP contribution in [0.3, 0.4) is 0 Å². The monoisotopic (exact) mass is 452 g/mol. The molecule has 3 aromatic rings. The smallest absolute Gasteiger partial charge is 0.277 e. The van der Waals surface area contributed by atoms with Crippen LogP contribution in [0.5, 0.6) is 0 Å². The third-order valence-electron chi connectivity index (χ3n) is 3.73. The highest BCUT2D eigenvalue weighted by molar-refractivity contribution is 7.99. The zero-order valence-electron chi connectivity index (χ0n) is 15.5. The average Bonchev–Trinajstić information content (AvgIpc) is 3.15. The molecule has 0 saturated carbocycles. The number of hydrogen-bond donors (Lipinski definition) is 1. The minimum absolute atomic E-state index is 0.00874. The van der Waals surface area contributed by atoms with Gasteiger partial charge in [0, 0.05) is 19.8 Å². The van der Waals surface area contributed by atoms with Gasteiger partial charge in [-0.25, -0.2) is 12.7 Å². The van der Waals surface area contributed by atoms with Crippen molar-refractivity contribution in [2.75, 3.05) is 25.2 Å². The number of amides is 1. The molecule has 1 N–H and O–H groups in total. The molecule has 0 aliphatic rings. The number of carbonyl (C=O) groups excluding carboxylic acids is 1. The first-order valence-electron chi connectivity index (χ1n) is 8.31. The van der Waals surface area contributed by atoms with E-state index in [4.69, 9.17) is 16.0 Å². The topological polar surface area (TPSA) is 105 Å². The van der Waals surface area contributed by atoms with Crippen molar-refractivity contribution < 1.29 is 17.6 Å². The van der Waals surface area contributed by atoms with Crippen molar-refractivity contribution in [1.29, 1.82) is 0 Å². The van der Waals surface area contributed by atoms with Crippen LogP contribution in [0.4, 0.5) is 5.69 Å². The summed E-state index contributed by atoms with van der Waals surface area (Å²) >= 11 is 7.17. The van der Waals surface area contributed by atoms with Crippen LogP contribution in [0.15, 0.2) is 63.1 Å². The van der Waals surface area contributed by atoms with E-state index in [1.165, 1.54) is 26.2 Å². The number of nitrogens with one attached hydrogen (secondary N) is 1. The maximum Gasteiger partial charge on any atom is 0.277 e. The molecule has 0 fully saturated rings. The molecule has 0 bridgehead atoms. The van der Waals surface area contributed by atoms with Gasteiger partial charge < -0.3 is 9.73 Å². The maximum atomic E-state index is 12.2. The molecule has 11 heteroatoms. The van der Waals surface area contributed by atoms with E-state index < -0.39 is 10.0 Å². The highest BCUT2D eigenvalue weighted by Gasteiger charge is 2.18. The Morgan fingerprint density at radius 1 is 1.17 bits per heavy atom. The fourth-order valence-electron chi connectivity index (χ4n) is 2.28. The van der Waals surface area contributed by atoms with E-state index in [9.17, 15) is 13.2 Å². The van der Waals surface area contributed by atoms with Crippen LogP contribution in [0, 0.1) is 0 Å². The molecule has 0 radical (unpaired) electrons. The number of carbonyl (C=O) groups is 1. The Morgan fingerprint density at radius 3 is 2.66 bits per heavy atom. The minimum atomic E-state index is -3.58. The highest BCUT2D eigenvalue weighted by atomic mass is 35.5. The summed E-state index contributed by atoms with van der Waals surface area (Å²) in [6.07, 6.45) is 0. The zero-order valence-corrected chi connectivity index (χ0v) is 17.9. The Kier molecular flexibility index (Phi) is 6.58. The Balaban J connectivity index is 1.62. The summed E-state index contributed by atoms with van der Waals surface area (Å²) < 4.78 is 31.0. The summed E-state index contributed by atoms with van der Waals surface area (Å²) in [5.74, 6) is -0.0681. The molecule has 1 amide bonds. The summed E-state index contributed by atoms with van der Waals surface area (Å²) in [7, 11) is -0.699. The van der Waals surface area contributed by atoms with E-state index in [1.807, 2.05) is 0 Å². The van der Waals surface area contributed by atoms with Gasteiger partial charge in [0.05, 0.1) is 21.2 Å². The lowest BCUT2D eigenvalue weighted by Crippen LogP contribution is -2.22. The molecule has 1 heterocycles. The summed E-state index contributed by atoms with van der Waals surface area (Å²) in [6, 6.07) is 13.1. The van der Waals surface area contributed by atoms with Gasteiger partial charge in [-0.1, -0.05) is 41.6 Å². The number of halogens is 1. The van der Waals surface area contributed by atoms with Crippen molar-refractivity contribution in [3.8, 4) is 11.5 Å². The molecule has 0 aliphatic carbocycles. The molecular weight excluding hydrogens is 436 g/mol. The van der Waals surface area contributed by atoms with E-state index in [2.05, 4.69) is 15.5 Å². The first-order valence-corrected chi connectivity index (χ1v) is 11.1. The molecule has 29 heavy (non-hydrogen) atoms. The molecule has 0 spiro atoms. The van der Waals surface area contributed by atoms with Crippen LogP contribution >= 0.6 is 23.4 Å². The Labute approximate surface area is 177 Å². The van der Waals surface area contributed by atoms with Gasteiger partial charge in [0.2, 0.25) is 21.8 Å². The lowest BCUT2D eigenvalue weighted by molar-refractivity contribution is -0.113. The lowest BCUT2D eigenvalue weighted by Gasteiger charge is -2.12. The number of rotatable bonds is 7. The summed E-state index contributed by atoms with van der Waals surface area (Å²) in [6.45, 7) is 0. The molecule has 152 valence electrons. The van der Waals surface area contributed by atoms with Crippen LogP contribution < -0.4 is 5.32 Å². The minimum Gasteiger partial charge on any atom is -0.411 e. The molecule has 2 aromatic carbocycles. The summed E-state index contributed by atoms with van der Waals surface area (Å²) in [5.41, 5.74) is 0.984. The van der Waals surface area contributed by atoms with E-state index >= 15 is 0 Å². The predicted molar refractivity (Wildman–Crippen MR) is 111 cm³/mol. The van der Waals surface area contributed by atoms with Crippen molar-refractivity contribution in [1.82, 2.24) is 14.5 Å². The fourth-order valence-corrected chi connectivity index (χ4v) is 4.01. The van der Waals surface area contributed by atoms with Gasteiger partial charge in [0.25, 0.3) is 5.22 Å². The van der Waals surface area contributed by atoms with Gasteiger partial charge in [-0.15, -0.1) is 10.2 Å². The van der Waals surface area contributed by atoms with Crippen molar-refractivity contribution in [2.24, 2.45) is 0 Å². The fraction of sp³-hybridized carbons (Fsp3) is 0.167. The Hall–Kier alpha value is -2.40. The Bertz CT molecular complexity index is 1130. The molecule has 0 saturated heterocycles. The van der Waals surface area contributed by atoms with Crippen molar-refractivity contribution in [2.45, 2.75) is 10.1 Å². The number of nitrogens with zero attached hydrogens (tertiary/aromatic N) is 3. The molecule has 1 aromatic heterocycles. The standard InChI is InChI=1S/C18H17ClN4O4S2/c1-23(2)29(25,26)13-7-5-6-12(10-13)20-16(24)11-28-18-22-21-17(27-18)14-8-3-4-9-15(14)19/h3-10H,11H2,1-2H3,(H,20,24). The van der Waals surface area contributed by atoms with Crippen molar-refractivity contribution >= 4 is 45.0 Å². The van der Waals surface area contributed by atoms with E-state index in [-0.39, 0.29) is 27.7 Å². The van der Waals surface area contributed by atoms with Gasteiger partial charge in [-0.2, -0.15) is 0 Å². The SMILES string of the molecule is CN(C)S(=O)(=O)c1cccc(NC(=O)CSc2nnc(-c3ccccc3Cl)o2)c1. The average molecular weight is 453 g/mol. The quantitative estimate of drug-likeness (QED) is 0.548. The van der Waals surface area contributed by atoms with Gasteiger partial charge in [0.15, 0.2) is 0 Å². The van der Waals surface area contributed by atoms with Crippen molar-refractivity contribution in [3.05, 3.63) is 53.6 Å². The molecule has 0 aliphatic heterocycles. The lowest BCUT2D eigenvalue weighted by atomic mass is 10.2. The second-order valence-electron chi connectivity index (χ2n) is 6.01. The maximum absolute atomic E-state index is 12.2.